The quantitative estimate of drug-likeness (QED) is 0.908. The number of benzene rings is 1. The fraction of sp³-hybridized carbons (Fsp3) is 0.385. The molecule has 0 spiro atoms. The third kappa shape index (κ3) is 2.41. The largest absolute Gasteiger partial charge is 0.337 e. The van der Waals surface area contributed by atoms with Crippen LogP contribution in [0.15, 0.2) is 22.7 Å². The van der Waals surface area contributed by atoms with Gasteiger partial charge in [-0.2, -0.15) is 4.98 Å². The lowest BCUT2D eigenvalue weighted by atomic mass is 10.1. The first kappa shape index (κ1) is 12.7. The molecule has 5 heteroatoms. The molecule has 0 amide bonds. The van der Waals surface area contributed by atoms with Crippen LogP contribution >= 0.6 is 0 Å². The van der Waals surface area contributed by atoms with Crippen molar-refractivity contribution in [2.24, 2.45) is 11.7 Å². The maximum Gasteiger partial charge on any atom is 0.244 e. The summed E-state index contributed by atoms with van der Waals surface area (Å²) in [6.07, 6.45) is 0. The first-order valence-corrected chi connectivity index (χ1v) is 5.84. The number of hydrogen-bond donors (Lipinski definition) is 1. The Labute approximate surface area is 105 Å². The highest BCUT2D eigenvalue weighted by atomic mass is 19.1. The van der Waals surface area contributed by atoms with E-state index in [1.807, 2.05) is 20.8 Å². The molecular formula is C13H16FN3O. The van der Waals surface area contributed by atoms with E-state index in [4.69, 9.17) is 10.3 Å². The first-order valence-electron chi connectivity index (χ1n) is 5.84. The van der Waals surface area contributed by atoms with E-state index in [2.05, 4.69) is 10.1 Å². The van der Waals surface area contributed by atoms with E-state index in [9.17, 15) is 4.39 Å². The van der Waals surface area contributed by atoms with Crippen molar-refractivity contribution < 1.29 is 8.91 Å². The SMILES string of the molecule is Cc1ccc(F)cc1-c1noc(C(N)C(C)C)n1. The van der Waals surface area contributed by atoms with Crippen molar-refractivity contribution in [3.8, 4) is 11.4 Å². The van der Waals surface area contributed by atoms with Gasteiger partial charge in [-0.3, -0.25) is 0 Å². The highest BCUT2D eigenvalue weighted by Crippen LogP contribution is 2.24. The van der Waals surface area contributed by atoms with E-state index < -0.39 is 0 Å². The topological polar surface area (TPSA) is 64.9 Å². The average Bonchev–Trinajstić information content (AvgIpc) is 2.80. The molecule has 0 aliphatic carbocycles. The van der Waals surface area contributed by atoms with Gasteiger partial charge in [0.25, 0.3) is 0 Å². The molecule has 0 bridgehead atoms. The van der Waals surface area contributed by atoms with Crippen LogP contribution in [0.3, 0.4) is 0 Å². The van der Waals surface area contributed by atoms with Gasteiger partial charge in [-0.15, -0.1) is 0 Å². The van der Waals surface area contributed by atoms with Gasteiger partial charge in [0.05, 0.1) is 6.04 Å². The minimum Gasteiger partial charge on any atom is -0.337 e. The van der Waals surface area contributed by atoms with Gasteiger partial charge in [0.2, 0.25) is 11.7 Å². The summed E-state index contributed by atoms with van der Waals surface area (Å²) in [5.74, 6) is 0.628. The third-order valence-electron chi connectivity index (χ3n) is 2.89. The van der Waals surface area contributed by atoms with Crippen LogP contribution < -0.4 is 5.73 Å². The number of halogens is 1. The zero-order valence-electron chi connectivity index (χ0n) is 10.6. The Hall–Kier alpha value is -1.75. The lowest BCUT2D eigenvalue weighted by Crippen LogP contribution is -2.16. The molecule has 1 aromatic heterocycles. The monoisotopic (exact) mass is 249 g/mol. The summed E-state index contributed by atoms with van der Waals surface area (Å²) >= 11 is 0. The van der Waals surface area contributed by atoms with E-state index in [0.29, 0.717) is 17.3 Å². The second-order valence-electron chi connectivity index (χ2n) is 4.69. The highest BCUT2D eigenvalue weighted by Gasteiger charge is 2.19. The van der Waals surface area contributed by atoms with Crippen LogP contribution in [0.5, 0.6) is 0 Å². The van der Waals surface area contributed by atoms with E-state index in [1.54, 1.807) is 6.07 Å². The zero-order chi connectivity index (χ0) is 13.3. The smallest absolute Gasteiger partial charge is 0.244 e. The number of rotatable bonds is 3. The summed E-state index contributed by atoms with van der Waals surface area (Å²) in [7, 11) is 0. The summed E-state index contributed by atoms with van der Waals surface area (Å²) in [6, 6.07) is 4.17. The minimum absolute atomic E-state index is 0.201. The van der Waals surface area contributed by atoms with Crippen LogP contribution in [0.2, 0.25) is 0 Å². The standard InChI is InChI=1S/C13H16FN3O/c1-7(2)11(15)13-16-12(17-18-13)10-6-9(14)5-4-8(10)3/h4-7,11H,15H2,1-3H3. The van der Waals surface area contributed by atoms with Gasteiger partial charge in [0.15, 0.2) is 0 Å². The fourth-order valence-electron chi connectivity index (χ4n) is 1.60. The van der Waals surface area contributed by atoms with Crippen LogP contribution in [0, 0.1) is 18.7 Å². The van der Waals surface area contributed by atoms with Crippen LogP contribution in [0.25, 0.3) is 11.4 Å². The summed E-state index contributed by atoms with van der Waals surface area (Å²) in [5.41, 5.74) is 7.44. The van der Waals surface area contributed by atoms with Crippen LogP contribution in [0.4, 0.5) is 4.39 Å². The molecule has 0 aliphatic heterocycles. The molecule has 0 aliphatic rings. The average molecular weight is 249 g/mol. The molecular weight excluding hydrogens is 233 g/mol. The molecule has 1 unspecified atom stereocenters. The van der Waals surface area contributed by atoms with Gasteiger partial charge in [-0.1, -0.05) is 25.1 Å². The molecule has 2 N–H and O–H groups in total. The normalized spacial score (nSPS) is 13.0. The van der Waals surface area contributed by atoms with Crippen LogP contribution in [-0.2, 0) is 0 Å². The Balaban J connectivity index is 2.38. The maximum atomic E-state index is 13.2. The van der Waals surface area contributed by atoms with E-state index >= 15 is 0 Å². The lowest BCUT2D eigenvalue weighted by molar-refractivity contribution is 0.325. The molecule has 4 nitrogen and oxygen atoms in total. The Bertz CT molecular complexity index is 551. The van der Waals surface area contributed by atoms with Crippen LogP contribution in [0.1, 0.15) is 31.3 Å². The highest BCUT2D eigenvalue weighted by molar-refractivity contribution is 5.59. The molecule has 0 saturated carbocycles. The van der Waals surface area contributed by atoms with E-state index in [1.165, 1.54) is 12.1 Å². The Kier molecular flexibility index (Phi) is 3.43. The second kappa shape index (κ2) is 4.86. The Morgan fingerprint density at radius 2 is 2.06 bits per heavy atom. The molecule has 18 heavy (non-hydrogen) atoms. The molecule has 2 rings (SSSR count). The van der Waals surface area contributed by atoms with Gasteiger partial charge < -0.3 is 10.3 Å². The Morgan fingerprint density at radius 3 is 2.72 bits per heavy atom. The molecule has 2 aromatic rings. The molecule has 0 radical (unpaired) electrons. The van der Waals surface area contributed by atoms with Crippen molar-refractivity contribution >= 4 is 0 Å². The van der Waals surface area contributed by atoms with Crippen molar-refractivity contribution in [2.45, 2.75) is 26.8 Å². The maximum absolute atomic E-state index is 13.2. The Morgan fingerprint density at radius 1 is 1.33 bits per heavy atom. The number of nitrogens with two attached hydrogens (primary N) is 1. The summed E-state index contributed by atoms with van der Waals surface area (Å²) in [5, 5.41) is 3.86. The van der Waals surface area contributed by atoms with Crippen molar-refractivity contribution in [2.75, 3.05) is 0 Å². The van der Waals surface area contributed by atoms with Crippen LogP contribution in [-0.4, -0.2) is 10.1 Å². The molecule has 1 heterocycles. The molecule has 0 saturated heterocycles. The minimum atomic E-state index is -0.324. The van der Waals surface area contributed by atoms with Gasteiger partial charge in [-0.05, 0) is 30.5 Å². The number of aromatic nitrogens is 2. The number of nitrogens with zero attached hydrogens (tertiary/aromatic N) is 2. The van der Waals surface area contributed by atoms with Gasteiger partial charge >= 0.3 is 0 Å². The van der Waals surface area contributed by atoms with Gasteiger partial charge in [0.1, 0.15) is 5.82 Å². The first-order chi connectivity index (χ1) is 8.49. The number of aryl methyl sites for hydroxylation is 1. The molecule has 0 fully saturated rings. The van der Waals surface area contributed by atoms with Crippen molar-refractivity contribution in [3.05, 3.63) is 35.5 Å². The summed E-state index contributed by atoms with van der Waals surface area (Å²) in [4.78, 5) is 4.23. The third-order valence-corrected chi connectivity index (χ3v) is 2.89. The number of hydrogen-bond acceptors (Lipinski definition) is 4. The molecule has 1 aromatic carbocycles. The molecule has 1 atom stereocenters. The summed E-state index contributed by atoms with van der Waals surface area (Å²) < 4.78 is 18.3. The predicted molar refractivity (Wildman–Crippen MR) is 66.2 cm³/mol. The predicted octanol–water partition coefficient (Wildman–Crippen LogP) is 2.84. The lowest BCUT2D eigenvalue weighted by Gasteiger charge is -2.09. The molecule has 96 valence electrons. The van der Waals surface area contributed by atoms with E-state index in [0.717, 1.165) is 5.56 Å². The van der Waals surface area contributed by atoms with Gasteiger partial charge in [0, 0.05) is 5.56 Å². The van der Waals surface area contributed by atoms with Crippen molar-refractivity contribution in [1.29, 1.82) is 0 Å². The van der Waals surface area contributed by atoms with Crippen molar-refractivity contribution in [3.63, 3.8) is 0 Å². The van der Waals surface area contributed by atoms with Crippen molar-refractivity contribution in [1.82, 2.24) is 10.1 Å². The summed E-state index contributed by atoms with van der Waals surface area (Å²) in [6.45, 7) is 5.82. The second-order valence-corrected chi connectivity index (χ2v) is 4.69. The van der Waals surface area contributed by atoms with Gasteiger partial charge in [-0.25, -0.2) is 4.39 Å². The zero-order valence-corrected chi connectivity index (χ0v) is 10.6. The fourth-order valence-corrected chi connectivity index (χ4v) is 1.60. The van der Waals surface area contributed by atoms with E-state index in [-0.39, 0.29) is 17.8 Å².